The molecule has 2 aromatic rings. The van der Waals surface area contributed by atoms with Crippen LogP contribution in [0.25, 0.3) is 11.0 Å². The summed E-state index contributed by atoms with van der Waals surface area (Å²) >= 11 is 3.86. The Morgan fingerprint density at radius 1 is 1.48 bits per heavy atom. The van der Waals surface area contributed by atoms with Gasteiger partial charge in [-0.1, -0.05) is 11.6 Å². The molecular weight excluding hydrogens is 402 g/mol. The van der Waals surface area contributed by atoms with Crippen LogP contribution in [0.1, 0.15) is 12.8 Å². The van der Waals surface area contributed by atoms with Gasteiger partial charge in [-0.3, -0.25) is 4.55 Å². The van der Waals surface area contributed by atoms with Gasteiger partial charge in [-0.05, 0) is 12.8 Å². The molecule has 1 saturated heterocycles. The zero-order valence-corrected chi connectivity index (χ0v) is 16.1. The minimum absolute atomic E-state index is 0.0149. The Morgan fingerprint density at radius 3 is 2.81 bits per heavy atom. The molecule has 0 bridgehead atoms. The van der Waals surface area contributed by atoms with Crippen molar-refractivity contribution in [1.82, 2.24) is 24.4 Å². The zero-order valence-electron chi connectivity index (χ0n) is 14.5. The van der Waals surface area contributed by atoms with Gasteiger partial charge in [0.05, 0.1) is 11.6 Å². The molecule has 2 N–H and O–H groups in total. The molecule has 8 nitrogen and oxygen atoms in total. The van der Waals surface area contributed by atoms with Crippen LogP contribution in [-0.2, 0) is 18.3 Å². The molecule has 0 aromatic carbocycles. The summed E-state index contributed by atoms with van der Waals surface area (Å²) in [4.78, 5) is 10.8. The first kappa shape index (κ1) is 18.9. The van der Waals surface area contributed by atoms with E-state index in [9.17, 15) is 17.5 Å². The minimum atomic E-state index is -2.58. The van der Waals surface area contributed by atoms with Crippen LogP contribution >= 0.6 is 11.6 Å². The number of hydrazine groups is 1. The van der Waals surface area contributed by atoms with Crippen molar-refractivity contribution in [2.75, 3.05) is 24.5 Å². The van der Waals surface area contributed by atoms with Gasteiger partial charge in [-0.2, -0.15) is 0 Å². The summed E-state index contributed by atoms with van der Waals surface area (Å²) in [7, 11) is 1.89. The molecule has 2 fully saturated rings. The maximum atomic E-state index is 12.4. The molecule has 2 aromatic heterocycles. The molecule has 0 radical (unpaired) electrons. The van der Waals surface area contributed by atoms with Crippen molar-refractivity contribution in [3.8, 4) is 0 Å². The van der Waals surface area contributed by atoms with E-state index >= 15 is 0 Å². The van der Waals surface area contributed by atoms with Gasteiger partial charge >= 0.3 is 0 Å². The smallest absolute Gasteiger partial charge is 0.252 e. The van der Waals surface area contributed by atoms with E-state index in [4.69, 9.17) is 11.6 Å². The first-order valence-electron chi connectivity index (χ1n) is 8.42. The number of nitrogens with one attached hydrogen (secondary N) is 1. The Morgan fingerprint density at radius 2 is 2.19 bits per heavy atom. The normalized spacial score (nSPS) is 20.5. The van der Waals surface area contributed by atoms with Crippen LogP contribution in [0.3, 0.4) is 0 Å². The van der Waals surface area contributed by atoms with E-state index in [1.807, 2.05) is 11.6 Å². The van der Waals surface area contributed by atoms with E-state index in [1.165, 1.54) is 6.33 Å². The third-order valence-electron chi connectivity index (χ3n) is 5.28. The van der Waals surface area contributed by atoms with Gasteiger partial charge in [0.1, 0.15) is 17.4 Å². The van der Waals surface area contributed by atoms with E-state index in [-0.39, 0.29) is 11.5 Å². The average Bonchev–Trinajstić information content (AvgIpc) is 2.82. The fourth-order valence-electron chi connectivity index (χ4n) is 4.14. The second kappa shape index (κ2) is 6.89. The van der Waals surface area contributed by atoms with Crippen molar-refractivity contribution in [3.63, 3.8) is 0 Å². The lowest BCUT2D eigenvalue weighted by Gasteiger charge is -2.60. The fraction of sp³-hybridized carbons (Fsp3) is 0.600. The van der Waals surface area contributed by atoms with Crippen LogP contribution in [0.2, 0.25) is 5.02 Å². The van der Waals surface area contributed by atoms with E-state index < -0.39 is 24.2 Å². The molecule has 3 heterocycles. The van der Waals surface area contributed by atoms with Crippen molar-refractivity contribution in [2.24, 2.45) is 12.5 Å². The topological polar surface area (TPSA) is 86.5 Å². The predicted molar refractivity (Wildman–Crippen MR) is 97.8 cm³/mol. The van der Waals surface area contributed by atoms with Gasteiger partial charge in [0, 0.05) is 37.8 Å². The highest BCUT2D eigenvalue weighted by atomic mass is 35.5. The number of anilines is 1. The van der Waals surface area contributed by atoms with Crippen LogP contribution < -0.4 is 10.3 Å². The predicted octanol–water partition coefficient (Wildman–Crippen LogP) is 1.80. The zero-order chi connectivity index (χ0) is 19.3. The third kappa shape index (κ3) is 3.31. The van der Waals surface area contributed by atoms with Gasteiger partial charge in [-0.25, -0.2) is 28.4 Å². The Kier molecular flexibility index (Phi) is 4.83. The number of alkyl halides is 2. The summed E-state index contributed by atoms with van der Waals surface area (Å²) in [5, 5.41) is 0.571. The summed E-state index contributed by atoms with van der Waals surface area (Å²) in [5.74, 6) is 0.807. The average molecular weight is 421 g/mol. The molecule has 12 heteroatoms. The lowest BCUT2D eigenvalue weighted by atomic mass is 9.61. The highest BCUT2D eigenvalue weighted by molar-refractivity contribution is 7.76. The molecule has 27 heavy (non-hydrogen) atoms. The number of aryl methyl sites for hydroxylation is 1. The lowest BCUT2D eigenvalue weighted by Crippen LogP contribution is -2.68. The number of fused-ring (bicyclic) bond motifs is 1. The van der Waals surface area contributed by atoms with Gasteiger partial charge in [-0.15, -0.1) is 4.41 Å². The van der Waals surface area contributed by atoms with Gasteiger partial charge in [0.15, 0.2) is 5.82 Å². The van der Waals surface area contributed by atoms with E-state index in [1.54, 1.807) is 6.20 Å². The van der Waals surface area contributed by atoms with Crippen molar-refractivity contribution < 1.29 is 17.5 Å². The number of halogens is 3. The van der Waals surface area contributed by atoms with Crippen LogP contribution in [-0.4, -0.2) is 59.8 Å². The van der Waals surface area contributed by atoms with Gasteiger partial charge in [0.2, 0.25) is 11.3 Å². The van der Waals surface area contributed by atoms with Crippen LogP contribution in [0.4, 0.5) is 14.6 Å². The molecule has 0 amide bonds. The summed E-state index contributed by atoms with van der Waals surface area (Å²) in [6.07, 6.45) is 2.02. The molecule has 4 rings (SSSR count). The van der Waals surface area contributed by atoms with E-state index in [0.717, 1.165) is 28.8 Å². The molecule has 2 aliphatic rings. The van der Waals surface area contributed by atoms with Crippen molar-refractivity contribution in [2.45, 2.75) is 25.3 Å². The quantitative estimate of drug-likeness (QED) is 0.547. The second-order valence-corrected chi connectivity index (χ2v) is 8.47. The molecule has 1 atom stereocenters. The number of aromatic nitrogens is 3. The third-order valence-corrected chi connectivity index (χ3v) is 6.32. The van der Waals surface area contributed by atoms with Crippen molar-refractivity contribution >= 4 is 39.7 Å². The highest BCUT2D eigenvalue weighted by Gasteiger charge is 2.55. The van der Waals surface area contributed by atoms with E-state index in [0.29, 0.717) is 23.4 Å². The molecule has 148 valence electrons. The fourth-order valence-corrected chi connectivity index (χ4v) is 5.02. The Bertz CT molecular complexity index is 883. The molecular formula is C15H19ClF2N6O2S. The standard InChI is InChI=1S/C15H19ClF2N6O2S/c1-22-5-10(16)12-13(22)14(20-8-19-12)23-6-15(7-23)2-9(3-15)24(27(25)26)21-4-11(17)18/h5,8-9,11,21H,2-4,6-7H2,1H3,(H,25,26). The summed E-state index contributed by atoms with van der Waals surface area (Å²) < 4.78 is 48.4. The second-order valence-electron chi connectivity index (χ2n) is 7.21. The first-order valence-corrected chi connectivity index (χ1v) is 9.86. The lowest BCUT2D eigenvalue weighted by molar-refractivity contribution is -0.00952. The largest absolute Gasteiger partial charge is 0.354 e. The summed E-state index contributed by atoms with van der Waals surface area (Å²) in [6.45, 7) is 0.855. The highest BCUT2D eigenvalue weighted by Crippen LogP contribution is 2.51. The molecule has 1 unspecified atom stereocenters. The van der Waals surface area contributed by atoms with Crippen LogP contribution in [0.5, 0.6) is 0 Å². The maximum Gasteiger partial charge on any atom is 0.252 e. The molecule has 1 spiro atoms. The monoisotopic (exact) mass is 420 g/mol. The first-order chi connectivity index (χ1) is 12.8. The Balaban J connectivity index is 1.42. The number of nitrogens with zero attached hydrogens (tertiary/aromatic N) is 5. The molecule has 1 aliphatic carbocycles. The Labute approximate surface area is 161 Å². The number of rotatable bonds is 6. The SMILES string of the molecule is Cn1cc(Cl)c2ncnc(N3CC4(CC(N(NCC(F)F)S(=O)O)C4)C3)c21. The maximum absolute atomic E-state index is 12.4. The van der Waals surface area contributed by atoms with E-state index in [2.05, 4.69) is 20.3 Å². The molecule has 1 saturated carbocycles. The summed E-state index contributed by atoms with van der Waals surface area (Å²) in [5.41, 5.74) is 3.95. The van der Waals surface area contributed by atoms with Crippen molar-refractivity contribution in [3.05, 3.63) is 17.5 Å². The number of hydrogen-bond acceptors (Lipinski definition) is 5. The van der Waals surface area contributed by atoms with Crippen LogP contribution in [0, 0.1) is 5.41 Å². The summed E-state index contributed by atoms with van der Waals surface area (Å²) in [6, 6.07) is -0.244. The van der Waals surface area contributed by atoms with Gasteiger partial charge < -0.3 is 9.47 Å². The van der Waals surface area contributed by atoms with Gasteiger partial charge in [0.25, 0.3) is 6.43 Å². The van der Waals surface area contributed by atoms with Crippen LogP contribution in [0.15, 0.2) is 12.5 Å². The Hall–Kier alpha value is -1.40. The van der Waals surface area contributed by atoms with Crippen molar-refractivity contribution in [1.29, 1.82) is 0 Å². The number of hydrogen-bond donors (Lipinski definition) is 2. The minimum Gasteiger partial charge on any atom is -0.354 e. The molecule has 1 aliphatic heterocycles.